The summed E-state index contributed by atoms with van der Waals surface area (Å²) in [5, 5.41) is 5.65. The minimum Gasteiger partial charge on any atom is -0.744 e. The second-order valence-electron chi connectivity index (χ2n) is 21.1. The Labute approximate surface area is 665 Å². The van der Waals surface area contributed by atoms with Crippen molar-refractivity contribution in [2.24, 2.45) is 0 Å². The van der Waals surface area contributed by atoms with Crippen LogP contribution in [0.25, 0.3) is 179 Å². The summed E-state index contributed by atoms with van der Waals surface area (Å²) in [6.07, 6.45) is 0. The van der Waals surface area contributed by atoms with Crippen molar-refractivity contribution in [3.05, 3.63) is 182 Å². The molecule has 2 radical (unpaired) electrons. The number of fused-ring (bicyclic) bond motifs is 40. The molecule has 496 valence electrons. The van der Waals surface area contributed by atoms with Gasteiger partial charge in [0.05, 0.1) is 50.6 Å². The Morgan fingerprint density at radius 2 is 0.627 bits per heavy atom. The number of rotatable bonds is 3. The minimum atomic E-state index is -4.85. The van der Waals surface area contributed by atoms with Gasteiger partial charge in [-0.2, -0.15) is 48.5 Å². The number of hydrogen-bond donors (Lipinski definition) is 1. The zero-order chi connectivity index (χ0) is 67.0. The molecule has 6 aromatic heterocycles. The Balaban J connectivity index is 0.000000193. The first-order valence-electron chi connectivity index (χ1n) is 28.4. The van der Waals surface area contributed by atoms with Crippen molar-refractivity contribution in [1.29, 1.82) is 0 Å². The Hall–Kier alpha value is -8.42. The monoisotopic (exact) mass is 1550 g/mol. The Morgan fingerprint density at radius 1 is 0.333 bits per heavy atom. The van der Waals surface area contributed by atoms with Crippen molar-refractivity contribution in [3.63, 3.8) is 0 Å². The van der Waals surface area contributed by atoms with Gasteiger partial charge in [-0.1, -0.05) is 120 Å². The third-order valence-corrected chi connectivity index (χ3v) is 17.8. The van der Waals surface area contributed by atoms with Crippen LogP contribution in [0.3, 0.4) is 0 Å². The first kappa shape index (κ1) is 76.2. The van der Waals surface area contributed by atoms with Crippen molar-refractivity contribution in [3.8, 4) is 91.1 Å². The summed E-state index contributed by atoms with van der Waals surface area (Å²) < 4.78 is 115. The van der Waals surface area contributed by atoms with Gasteiger partial charge in [0.1, 0.15) is 10.1 Å². The maximum Gasteiger partial charge on any atom is 1.00 e. The van der Waals surface area contributed by atoms with E-state index in [9.17, 15) is 21.4 Å². The summed E-state index contributed by atoms with van der Waals surface area (Å²) in [5.74, 6) is 2.97. The van der Waals surface area contributed by atoms with E-state index in [0.29, 0.717) is 101 Å². The molecule has 28 nitrogen and oxygen atoms in total. The van der Waals surface area contributed by atoms with E-state index in [2.05, 4.69) is 26.8 Å². The fraction of sp³-hybridized carbons (Fsp3) is 0.0154. The van der Waals surface area contributed by atoms with Crippen LogP contribution in [0.4, 0.5) is 0 Å². The van der Waals surface area contributed by atoms with Crippen LogP contribution in [-0.4, -0.2) is 113 Å². The predicted molar refractivity (Wildman–Crippen MR) is 349 cm³/mol. The second kappa shape index (κ2) is 30.9. The van der Waals surface area contributed by atoms with Gasteiger partial charge in [-0.3, -0.25) is 4.98 Å². The van der Waals surface area contributed by atoms with E-state index in [1.54, 1.807) is 36.4 Å². The van der Waals surface area contributed by atoms with Gasteiger partial charge in [0.2, 0.25) is 10.0 Å². The van der Waals surface area contributed by atoms with E-state index >= 15 is 0 Å². The van der Waals surface area contributed by atoms with Gasteiger partial charge in [0, 0.05) is 107 Å². The molecular formula is C65H32Cu2N17Na3O11S4-4. The number of hydrogen-bond acceptors (Lipinski definition) is 23. The van der Waals surface area contributed by atoms with Crippen molar-refractivity contribution in [2.75, 3.05) is 7.05 Å². The van der Waals surface area contributed by atoms with E-state index in [4.69, 9.17) is 95.0 Å². The van der Waals surface area contributed by atoms with Crippen LogP contribution < -0.4 is 113 Å². The van der Waals surface area contributed by atoms with Crippen LogP contribution in [0.5, 0.6) is 0 Å². The molecule has 8 aromatic carbocycles. The molecule has 0 amide bonds. The van der Waals surface area contributed by atoms with Crippen molar-refractivity contribution >= 4 is 130 Å². The Bertz CT molecular complexity index is 6300. The number of sulfonamides is 1. The molecule has 0 saturated carbocycles. The molecule has 0 saturated heterocycles. The van der Waals surface area contributed by atoms with Crippen LogP contribution in [0.1, 0.15) is 0 Å². The standard InChI is InChI=1S/C33H17N9O5S2.C32H16N8.2Cu.3Na.2O3S/c1-34-48(43,44)16-10-12-22-24(14-16)32-40-30(22)38-28-20-8-4-2-6-18(20)26(36-28)35-27-19-7-3-5-9-21(19)29(37-27)39-31-23-13-11-17(49(45,46)47)15-25(23)33(41-31)42-32;1-2-10-18-17(9-1)25-33-26(18)38-28-21-13-5-6-14-22(21)30(35-28)40-32-24-16-8-7-15-23(24)31(36-32)39-29-20-12-4-3-11-19(20)27(34-29)37-25;;;;;;2*1-4(2)3/h3-4,6-15,34H,1H3,(H-2,35,36,37,38,39,40,41,42,45,46,47);1-16H;;;;;;;/q-4;-2;;;3*+1;;/p-1. The van der Waals surface area contributed by atoms with Gasteiger partial charge in [-0.05, 0) is 74.9 Å². The van der Waals surface area contributed by atoms with E-state index in [1.165, 1.54) is 37.4 Å². The van der Waals surface area contributed by atoms with E-state index in [-0.39, 0.29) is 162 Å². The van der Waals surface area contributed by atoms with E-state index in [1.807, 2.05) is 103 Å². The smallest absolute Gasteiger partial charge is 0.744 e. The summed E-state index contributed by atoms with van der Waals surface area (Å²) in [6, 6.07) is 56.7. The van der Waals surface area contributed by atoms with Crippen LogP contribution in [0.2, 0.25) is 0 Å². The van der Waals surface area contributed by atoms with E-state index < -0.39 is 46.3 Å². The molecule has 0 fully saturated rings. The van der Waals surface area contributed by atoms with Gasteiger partial charge in [0.15, 0.2) is 0 Å². The van der Waals surface area contributed by atoms with Gasteiger partial charge in [-0.25, -0.2) is 36.5 Å². The minimum absolute atomic E-state index is 0. The predicted octanol–water partition coefficient (Wildman–Crippen LogP) is -1.33. The average Bonchev–Trinajstić information content (AvgIpc) is 1.60. The third kappa shape index (κ3) is 14.6. The number of nitrogens with zero attached hydrogens (tertiary/aromatic N) is 16. The summed E-state index contributed by atoms with van der Waals surface area (Å²) in [6.45, 7) is 0. The van der Waals surface area contributed by atoms with Crippen molar-refractivity contribution in [2.45, 2.75) is 9.79 Å². The molecule has 0 spiro atoms. The quantitative estimate of drug-likeness (QED) is 0.122. The summed E-state index contributed by atoms with van der Waals surface area (Å²) in [4.78, 5) is 76.6. The molecule has 0 atom stereocenters. The molecule has 37 heteroatoms. The molecule has 0 unspecified atom stereocenters. The molecule has 4 aliphatic rings. The summed E-state index contributed by atoms with van der Waals surface area (Å²) in [7, 11) is -13.6. The number of benzene rings is 8. The van der Waals surface area contributed by atoms with Crippen LogP contribution >= 0.6 is 0 Å². The molecule has 102 heavy (non-hydrogen) atoms. The zero-order valence-corrected chi connectivity index (χ0v) is 63.7. The SMILES string of the molecule is CNS(=O)(=O)c1ccc2c3nc4nc(nc5[n-]c(nc6nc(nc([n-]3)c2c1)-c1cc(S(=O)(=O)[O-])ccc1-6)c1c[c-]ccc51)-c1c[c-]ccc1-4.O=S(=O)=O.O=S(=O)=O.[Cu].[Cu].[Na+].[Na+].[Na+].c1ccc2c(c1)-c1nc-2nc2[n-]c(nc3nc(nc4[n-]c(n1)c1ccccc41)-c1ccccc1-3)c1ccccc21. The number of nitrogens with one attached hydrogen (secondary N) is 1. The topological polar surface area (TPSA) is 417 Å². The zero-order valence-electron chi connectivity index (χ0n) is 52.5. The van der Waals surface area contributed by atoms with Gasteiger partial charge in [-0.15, -0.1) is 36.0 Å². The summed E-state index contributed by atoms with van der Waals surface area (Å²) in [5.41, 5.74) is 8.52. The maximum atomic E-state index is 12.8. The first-order valence-corrected chi connectivity index (χ1v) is 33.3. The molecule has 0 aliphatic carbocycles. The maximum absolute atomic E-state index is 12.8. The van der Waals surface area contributed by atoms with E-state index in [0.717, 1.165) is 43.8 Å². The van der Waals surface area contributed by atoms with Crippen LogP contribution in [-0.2, 0) is 75.5 Å². The molecular weight excluding hydrogens is 1520 g/mol. The normalized spacial score (nSPS) is 11.3. The molecule has 16 bridgehead atoms. The first-order chi connectivity index (χ1) is 46.8. The van der Waals surface area contributed by atoms with Gasteiger partial charge in [0.25, 0.3) is 0 Å². The molecule has 18 rings (SSSR count). The molecule has 14 aromatic rings. The van der Waals surface area contributed by atoms with Crippen molar-refractivity contribution < 1.29 is 169 Å². The van der Waals surface area contributed by atoms with Crippen molar-refractivity contribution in [1.82, 2.24) is 84.5 Å². The molecule has 1 N–H and O–H groups in total. The largest absolute Gasteiger partial charge is 1.00 e. The molecule has 10 heterocycles. The van der Waals surface area contributed by atoms with Gasteiger partial charge < -0.3 is 64.4 Å². The summed E-state index contributed by atoms with van der Waals surface area (Å²) >= 11 is 0. The Morgan fingerprint density at radius 3 is 1.02 bits per heavy atom. The third-order valence-electron chi connectivity index (χ3n) is 15.5. The second-order valence-corrected chi connectivity index (χ2v) is 25.2. The fourth-order valence-electron chi connectivity index (χ4n) is 11.3. The van der Waals surface area contributed by atoms with Crippen LogP contribution in [0.15, 0.2) is 180 Å². The van der Waals surface area contributed by atoms with Crippen LogP contribution in [0, 0.1) is 12.1 Å². The average molecular weight is 1550 g/mol. The Kier molecular flexibility index (Phi) is 23.1. The molecule has 4 aliphatic heterocycles. The number of aromatic nitrogens is 16. The fourth-order valence-corrected chi connectivity index (χ4v) is 12.5. The van der Waals surface area contributed by atoms with Gasteiger partial charge >= 0.3 is 110 Å².